The Morgan fingerprint density at radius 2 is 1.59 bits per heavy atom. The summed E-state index contributed by atoms with van der Waals surface area (Å²) in [4.78, 5) is 4.16. The highest BCUT2D eigenvalue weighted by atomic mass is 127. The van der Waals surface area contributed by atoms with Gasteiger partial charge in [0.15, 0.2) is 5.96 Å². The van der Waals surface area contributed by atoms with Crippen molar-refractivity contribution in [3.05, 3.63) is 65.2 Å². The van der Waals surface area contributed by atoms with Crippen molar-refractivity contribution < 1.29 is 18.3 Å². The predicted octanol–water partition coefficient (Wildman–Crippen LogP) is 4.70. The number of benzene rings is 2. The van der Waals surface area contributed by atoms with Crippen molar-refractivity contribution in [2.45, 2.75) is 46.3 Å². The molecule has 2 aromatic rings. The molecule has 160 valence electrons. The van der Waals surface area contributed by atoms with Gasteiger partial charge in [0.05, 0.1) is 12.7 Å². The van der Waals surface area contributed by atoms with Gasteiger partial charge in [0, 0.05) is 25.7 Å². The van der Waals surface area contributed by atoms with E-state index in [0.29, 0.717) is 31.2 Å². The van der Waals surface area contributed by atoms with Crippen LogP contribution in [0, 0.1) is 0 Å². The molecule has 5 nitrogen and oxygen atoms in total. The van der Waals surface area contributed by atoms with E-state index in [0.717, 1.165) is 11.1 Å². The number of nitrogens with one attached hydrogen (secondary N) is 2. The van der Waals surface area contributed by atoms with Gasteiger partial charge in [-0.25, -0.2) is 0 Å². The van der Waals surface area contributed by atoms with E-state index >= 15 is 0 Å². The van der Waals surface area contributed by atoms with Gasteiger partial charge in [-0.05, 0) is 31.0 Å². The monoisotopic (exact) mass is 519 g/mol. The quantitative estimate of drug-likeness (QED) is 0.287. The molecule has 0 saturated heterocycles. The highest BCUT2D eigenvalue weighted by Gasteiger charge is 2.09. The minimum absolute atomic E-state index is 0. The smallest absolute Gasteiger partial charge is 0.387 e. The normalized spacial score (nSPS) is 11.3. The van der Waals surface area contributed by atoms with Crippen LogP contribution in [0.3, 0.4) is 0 Å². The van der Waals surface area contributed by atoms with E-state index in [9.17, 15) is 8.78 Å². The van der Waals surface area contributed by atoms with Crippen LogP contribution >= 0.6 is 24.0 Å². The van der Waals surface area contributed by atoms with Crippen LogP contribution in [0.5, 0.6) is 5.75 Å². The summed E-state index contributed by atoms with van der Waals surface area (Å²) in [5.74, 6) is 0.721. The molecule has 0 radical (unpaired) electrons. The van der Waals surface area contributed by atoms with Gasteiger partial charge in [0.25, 0.3) is 0 Å². The molecule has 0 saturated carbocycles. The van der Waals surface area contributed by atoms with E-state index in [4.69, 9.17) is 4.74 Å². The average molecular weight is 519 g/mol. The Morgan fingerprint density at radius 3 is 2.21 bits per heavy atom. The number of rotatable bonds is 9. The van der Waals surface area contributed by atoms with Crippen molar-refractivity contribution in [2.75, 3.05) is 7.05 Å². The van der Waals surface area contributed by atoms with Crippen LogP contribution in [0.15, 0.2) is 53.5 Å². The standard InChI is InChI=1S/C21H27F2N3O2.HI/c1-15(2)27-14-17-10-8-16(9-11-17)12-25-21(24-3)26-13-18-6-4-5-7-19(18)28-20(22)23;/h4-11,15,20H,12-14H2,1-3H3,(H2,24,25,26);1H. The number of aliphatic imine (C=N–C) groups is 1. The zero-order valence-electron chi connectivity index (χ0n) is 16.8. The second-order valence-electron chi connectivity index (χ2n) is 6.44. The molecule has 0 bridgehead atoms. The maximum absolute atomic E-state index is 12.5. The Morgan fingerprint density at radius 1 is 0.966 bits per heavy atom. The van der Waals surface area contributed by atoms with Crippen LogP contribution in [-0.4, -0.2) is 25.7 Å². The molecule has 0 amide bonds. The molecule has 0 aliphatic carbocycles. The average Bonchev–Trinajstić information content (AvgIpc) is 2.68. The highest BCUT2D eigenvalue weighted by Crippen LogP contribution is 2.19. The van der Waals surface area contributed by atoms with Crippen molar-refractivity contribution >= 4 is 29.9 Å². The first kappa shape index (κ1) is 25.1. The first-order valence-electron chi connectivity index (χ1n) is 9.14. The van der Waals surface area contributed by atoms with Gasteiger partial charge in [-0.3, -0.25) is 4.99 Å². The number of nitrogens with zero attached hydrogens (tertiary/aromatic N) is 1. The van der Waals surface area contributed by atoms with Gasteiger partial charge < -0.3 is 20.1 Å². The van der Waals surface area contributed by atoms with E-state index < -0.39 is 6.61 Å². The first-order chi connectivity index (χ1) is 13.5. The minimum Gasteiger partial charge on any atom is -0.434 e. The van der Waals surface area contributed by atoms with Crippen molar-refractivity contribution in [2.24, 2.45) is 4.99 Å². The number of para-hydroxylation sites is 1. The van der Waals surface area contributed by atoms with E-state index in [1.807, 2.05) is 38.1 Å². The second-order valence-corrected chi connectivity index (χ2v) is 6.44. The summed E-state index contributed by atoms with van der Waals surface area (Å²) in [5, 5.41) is 6.31. The zero-order chi connectivity index (χ0) is 20.4. The van der Waals surface area contributed by atoms with Gasteiger partial charge in [-0.15, -0.1) is 24.0 Å². The fourth-order valence-corrected chi connectivity index (χ4v) is 2.46. The van der Waals surface area contributed by atoms with Gasteiger partial charge in [0.2, 0.25) is 0 Å². The Bertz CT molecular complexity index is 756. The molecule has 29 heavy (non-hydrogen) atoms. The maximum Gasteiger partial charge on any atom is 0.387 e. The Labute approximate surface area is 187 Å². The Hall–Kier alpha value is -1.94. The van der Waals surface area contributed by atoms with Gasteiger partial charge in [-0.2, -0.15) is 8.78 Å². The number of hydrogen-bond acceptors (Lipinski definition) is 3. The van der Waals surface area contributed by atoms with Crippen molar-refractivity contribution in [3.8, 4) is 5.75 Å². The second kappa shape index (κ2) is 13.3. The summed E-state index contributed by atoms with van der Waals surface area (Å²) in [6.45, 7) is 2.65. The third kappa shape index (κ3) is 9.40. The third-order valence-corrected chi connectivity index (χ3v) is 3.92. The molecular weight excluding hydrogens is 491 g/mol. The largest absolute Gasteiger partial charge is 0.434 e. The van der Waals surface area contributed by atoms with Crippen LogP contribution in [0.1, 0.15) is 30.5 Å². The highest BCUT2D eigenvalue weighted by molar-refractivity contribution is 14.0. The molecular formula is C21H28F2IN3O2. The summed E-state index contributed by atoms with van der Waals surface area (Å²) in [6.07, 6.45) is 0.201. The molecule has 0 fully saturated rings. The van der Waals surface area contributed by atoms with Crippen LogP contribution in [-0.2, 0) is 24.4 Å². The lowest BCUT2D eigenvalue weighted by Gasteiger charge is -2.15. The molecule has 0 aromatic heterocycles. The van der Waals surface area contributed by atoms with Crippen LogP contribution in [0.2, 0.25) is 0 Å². The molecule has 2 N–H and O–H groups in total. The lowest BCUT2D eigenvalue weighted by atomic mass is 10.1. The summed E-state index contributed by atoms with van der Waals surface area (Å²) in [6, 6.07) is 14.8. The topological polar surface area (TPSA) is 54.9 Å². The summed E-state index contributed by atoms with van der Waals surface area (Å²) >= 11 is 0. The summed E-state index contributed by atoms with van der Waals surface area (Å²) < 4.78 is 35.1. The number of halogens is 3. The molecule has 0 atom stereocenters. The van der Waals surface area contributed by atoms with Gasteiger partial charge in [0.1, 0.15) is 5.75 Å². The van der Waals surface area contributed by atoms with Gasteiger partial charge >= 0.3 is 6.61 Å². The first-order valence-corrected chi connectivity index (χ1v) is 9.14. The Kier molecular flexibility index (Phi) is 11.5. The van der Waals surface area contributed by atoms with E-state index in [1.165, 1.54) is 6.07 Å². The number of ether oxygens (including phenoxy) is 2. The third-order valence-electron chi connectivity index (χ3n) is 3.92. The molecule has 8 heteroatoms. The maximum atomic E-state index is 12.5. The van der Waals surface area contributed by atoms with Crippen LogP contribution < -0.4 is 15.4 Å². The minimum atomic E-state index is -2.85. The van der Waals surface area contributed by atoms with Gasteiger partial charge in [-0.1, -0.05) is 42.5 Å². The van der Waals surface area contributed by atoms with E-state index in [-0.39, 0.29) is 35.8 Å². The summed E-state index contributed by atoms with van der Waals surface area (Å²) in [7, 11) is 1.66. The van der Waals surface area contributed by atoms with E-state index in [1.54, 1.807) is 25.2 Å². The number of alkyl halides is 2. The number of hydrogen-bond donors (Lipinski definition) is 2. The van der Waals surface area contributed by atoms with Crippen molar-refractivity contribution in [1.29, 1.82) is 0 Å². The fraction of sp³-hybridized carbons (Fsp3) is 0.381. The molecule has 0 aliphatic heterocycles. The molecule has 0 heterocycles. The lowest BCUT2D eigenvalue weighted by Crippen LogP contribution is -2.36. The molecule has 2 aromatic carbocycles. The Balaban J connectivity index is 0.00000420. The number of guanidine groups is 1. The summed E-state index contributed by atoms with van der Waals surface area (Å²) in [5.41, 5.74) is 2.84. The lowest BCUT2D eigenvalue weighted by molar-refractivity contribution is -0.0504. The van der Waals surface area contributed by atoms with Crippen LogP contribution in [0.25, 0.3) is 0 Å². The van der Waals surface area contributed by atoms with Crippen molar-refractivity contribution in [3.63, 3.8) is 0 Å². The van der Waals surface area contributed by atoms with E-state index in [2.05, 4.69) is 20.4 Å². The van der Waals surface area contributed by atoms with Crippen molar-refractivity contribution in [1.82, 2.24) is 10.6 Å². The van der Waals surface area contributed by atoms with Crippen LogP contribution in [0.4, 0.5) is 8.78 Å². The SMILES string of the molecule is CN=C(NCc1ccc(COC(C)C)cc1)NCc1ccccc1OC(F)F.I. The zero-order valence-corrected chi connectivity index (χ0v) is 19.2. The predicted molar refractivity (Wildman–Crippen MR) is 122 cm³/mol. The molecule has 0 spiro atoms. The molecule has 0 aliphatic rings. The molecule has 2 rings (SSSR count). The fourth-order valence-electron chi connectivity index (χ4n) is 2.46. The molecule has 0 unspecified atom stereocenters.